The number of ether oxygens (including phenoxy) is 1. The van der Waals surface area contributed by atoms with Crippen LogP contribution in [0, 0.1) is 5.92 Å². The van der Waals surface area contributed by atoms with Gasteiger partial charge in [0.2, 0.25) is 0 Å². The topological polar surface area (TPSA) is 35.2 Å². The molecule has 0 saturated carbocycles. The van der Waals surface area contributed by atoms with Crippen LogP contribution in [0.1, 0.15) is 33.6 Å². The van der Waals surface area contributed by atoms with Gasteiger partial charge in [-0.15, -0.1) is 0 Å². The molecule has 2 nitrogen and oxygen atoms in total. The second-order valence-corrected chi connectivity index (χ2v) is 3.48. The van der Waals surface area contributed by atoms with Gasteiger partial charge >= 0.3 is 0 Å². The smallest absolute Gasteiger partial charge is 0.0479 e. The molecule has 1 atom stereocenters. The van der Waals surface area contributed by atoms with E-state index >= 15 is 0 Å². The van der Waals surface area contributed by atoms with E-state index in [-0.39, 0.29) is 5.54 Å². The SMILES string of the molecule is CCC(N)(CCOC)C(C)C. The highest BCUT2D eigenvalue weighted by Crippen LogP contribution is 2.21. The summed E-state index contributed by atoms with van der Waals surface area (Å²) in [5, 5.41) is 0. The third-order valence-electron chi connectivity index (χ3n) is 2.58. The van der Waals surface area contributed by atoms with Crippen molar-refractivity contribution in [1.82, 2.24) is 0 Å². The van der Waals surface area contributed by atoms with E-state index in [0.29, 0.717) is 5.92 Å². The van der Waals surface area contributed by atoms with Crippen LogP contribution >= 0.6 is 0 Å². The van der Waals surface area contributed by atoms with Crippen molar-refractivity contribution in [1.29, 1.82) is 0 Å². The second kappa shape index (κ2) is 4.73. The molecule has 1 unspecified atom stereocenters. The number of hydrogen-bond acceptors (Lipinski definition) is 2. The summed E-state index contributed by atoms with van der Waals surface area (Å²) >= 11 is 0. The highest BCUT2D eigenvalue weighted by Gasteiger charge is 2.25. The van der Waals surface area contributed by atoms with Crippen molar-refractivity contribution < 1.29 is 4.74 Å². The van der Waals surface area contributed by atoms with Gasteiger partial charge in [0.1, 0.15) is 0 Å². The van der Waals surface area contributed by atoms with Gasteiger partial charge in [-0.2, -0.15) is 0 Å². The largest absolute Gasteiger partial charge is 0.385 e. The van der Waals surface area contributed by atoms with Crippen molar-refractivity contribution in [3.05, 3.63) is 0 Å². The third kappa shape index (κ3) is 3.21. The molecule has 2 heteroatoms. The van der Waals surface area contributed by atoms with Gasteiger partial charge in [-0.3, -0.25) is 0 Å². The molecule has 0 spiro atoms. The zero-order valence-electron chi connectivity index (χ0n) is 8.18. The molecule has 0 amide bonds. The highest BCUT2D eigenvalue weighted by atomic mass is 16.5. The van der Waals surface area contributed by atoms with Crippen molar-refractivity contribution in [2.45, 2.75) is 39.2 Å². The van der Waals surface area contributed by atoms with Gasteiger partial charge in [0.15, 0.2) is 0 Å². The molecule has 0 aromatic carbocycles. The molecule has 0 aliphatic carbocycles. The molecule has 0 aromatic rings. The summed E-state index contributed by atoms with van der Waals surface area (Å²) < 4.78 is 5.01. The zero-order chi connectivity index (χ0) is 8.91. The predicted octanol–water partition coefficient (Wildman–Crippen LogP) is 1.79. The first-order valence-corrected chi connectivity index (χ1v) is 4.34. The normalized spacial score (nSPS) is 16.9. The first-order valence-electron chi connectivity index (χ1n) is 4.34. The lowest BCUT2D eigenvalue weighted by molar-refractivity contribution is 0.147. The van der Waals surface area contributed by atoms with E-state index in [1.54, 1.807) is 7.11 Å². The van der Waals surface area contributed by atoms with Crippen molar-refractivity contribution in [3.8, 4) is 0 Å². The Morgan fingerprint density at radius 3 is 2.27 bits per heavy atom. The van der Waals surface area contributed by atoms with E-state index in [2.05, 4.69) is 20.8 Å². The van der Waals surface area contributed by atoms with E-state index in [4.69, 9.17) is 10.5 Å². The Bertz CT molecular complexity index is 104. The Morgan fingerprint density at radius 1 is 1.45 bits per heavy atom. The minimum absolute atomic E-state index is 0.0317. The Labute approximate surface area is 70.1 Å². The molecule has 68 valence electrons. The van der Waals surface area contributed by atoms with Crippen molar-refractivity contribution >= 4 is 0 Å². The maximum atomic E-state index is 6.15. The number of hydrogen-bond donors (Lipinski definition) is 1. The number of methoxy groups -OCH3 is 1. The van der Waals surface area contributed by atoms with Gasteiger partial charge in [0.25, 0.3) is 0 Å². The molecule has 0 saturated heterocycles. The quantitative estimate of drug-likeness (QED) is 0.663. The maximum Gasteiger partial charge on any atom is 0.0479 e. The molecular weight excluding hydrogens is 138 g/mol. The van der Waals surface area contributed by atoms with Crippen molar-refractivity contribution in [2.75, 3.05) is 13.7 Å². The molecule has 0 aromatic heterocycles. The Morgan fingerprint density at radius 2 is 2.00 bits per heavy atom. The van der Waals surface area contributed by atoms with Gasteiger partial charge in [-0.25, -0.2) is 0 Å². The first kappa shape index (κ1) is 10.9. The first-order chi connectivity index (χ1) is 5.06. The monoisotopic (exact) mass is 159 g/mol. The van der Waals surface area contributed by atoms with Gasteiger partial charge in [0, 0.05) is 19.3 Å². The second-order valence-electron chi connectivity index (χ2n) is 3.48. The summed E-state index contributed by atoms with van der Waals surface area (Å²) in [5.41, 5.74) is 6.11. The van der Waals surface area contributed by atoms with E-state index in [1.807, 2.05) is 0 Å². The van der Waals surface area contributed by atoms with Crippen LogP contribution in [0.5, 0.6) is 0 Å². The summed E-state index contributed by atoms with van der Waals surface area (Å²) in [5.74, 6) is 0.530. The van der Waals surface area contributed by atoms with Gasteiger partial charge < -0.3 is 10.5 Å². The molecule has 0 rings (SSSR count). The van der Waals surface area contributed by atoms with E-state index in [9.17, 15) is 0 Å². The average Bonchev–Trinajstić information content (AvgIpc) is 2.00. The molecule has 0 heterocycles. The molecule has 0 radical (unpaired) electrons. The van der Waals surface area contributed by atoms with Gasteiger partial charge in [0.05, 0.1) is 0 Å². The highest BCUT2D eigenvalue weighted by molar-refractivity contribution is 4.85. The molecule has 2 N–H and O–H groups in total. The average molecular weight is 159 g/mol. The van der Waals surface area contributed by atoms with Crippen molar-refractivity contribution in [3.63, 3.8) is 0 Å². The van der Waals surface area contributed by atoms with Crippen LogP contribution in [0.25, 0.3) is 0 Å². The van der Waals surface area contributed by atoms with Crippen LogP contribution in [0.3, 0.4) is 0 Å². The van der Waals surface area contributed by atoms with E-state index in [1.165, 1.54) is 0 Å². The minimum Gasteiger partial charge on any atom is -0.385 e. The van der Waals surface area contributed by atoms with E-state index < -0.39 is 0 Å². The number of rotatable bonds is 5. The lowest BCUT2D eigenvalue weighted by Crippen LogP contribution is -2.45. The predicted molar refractivity (Wildman–Crippen MR) is 48.5 cm³/mol. The fourth-order valence-corrected chi connectivity index (χ4v) is 1.17. The Balaban J connectivity index is 3.88. The molecule has 0 bridgehead atoms. The van der Waals surface area contributed by atoms with Crippen LogP contribution in [0.2, 0.25) is 0 Å². The van der Waals surface area contributed by atoms with Crippen LogP contribution in [0.4, 0.5) is 0 Å². The summed E-state index contributed by atoms with van der Waals surface area (Å²) in [4.78, 5) is 0. The molecule has 0 fully saturated rings. The molecule has 0 aliphatic heterocycles. The lowest BCUT2D eigenvalue weighted by atomic mass is 9.82. The maximum absolute atomic E-state index is 6.15. The zero-order valence-corrected chi connectivity index (χ0v) is 8.18. The Hall–Kier alpha value is -0.0800. The van der Waals surface area contributed by atoms with Crippen LogP contribution < -0.4 is 5.73 Å². The third-order valence-corrected chi connectivity index (χ3v) is 2.58. The molecule has 11 heavy (non-hydrogen) atoms. The van der Waals surface area contributed by atoms with Crippen LogP contribution in [-0.2, 0) is 4.74 Å². The van der Waals surface area contributed by atoms with Crippen LogP contribution in [0.15, 0.2) is 0 Å². The molecule has 0 aliphatic rings. The number of nitrogens with two attached hydrogens (primary N) is 1. The van der Waals surface area contributed by atoms with Crippen LogP contribution in [-0.4, -0.2) is 19.3 Å². The Kier molecular flexibility index (Phi) is 4.69. The minimum atomic E-state index is -0.0317. The fourth-order valence-electron chi connectivity index (χ4n) is 1.17. The summed E-state index contributed by atoms with van der Waals surface area (Å²) in [6, 6.07) is 0. The van der Waals surface area contributed by atoms with Gasteiger partial charge in [-0.1, -0.05) is 20.8 Å². The summed E-state index contributed by atoms with van der Waals surface area (Å²) in [6.07, 6.45) is 1.98. The standard InChI is InChI=1S/C9H21NO/c1-5-9(10,8(2)3)6-7-11-4/h8H,5-7,10H2,1-4H3. The van der Waals surface area contributed by atoms with Crippen molar-refractivity contribution in [2.24, 2.45) is 11.7 Å². The summed E-state index contributed by atoms with van der Waals surface area (Å²) in [6.45, 7) is 7.23. The lowest BCUT2D eigenvalue weighted by Gasteiger charge is -2.32. The molecular formula is C9H21NO. The van der Waals surface area contributed by atoms with Gasteiger partial charge in [-0.05, 0) is 18.8 Å². The fraction of sp³-hybridized carbons (Fsp3) is 1.00. The van der Waals surface area contributed by atoms with E-state index in [0.717, 1.165) is 19.4 Å². The summed E-state index contributed by atoms with van der Waals surface area (Å²) in [7, 11) is 1.72.